The first-order valence-electron chi connectivity index (χ1n) is 6.52. The molecule has 7 heteroatoms. The van der Waals surface area contributed by atoms with Gasteiger partial charge in [-0.25, -0.2) is 9.97 Å². The number of nitrogens with one attached hydrogen (secondary N) is 1. The third-order valence-electron chi connectivity index (χ3n) is 4.06. The Hall–Kier alpha value is -1.40. The number of imidazole rings is 1. The minimum atomic E-state index is 0.0122. The van der Waals surface area contributed by atoms with E-state index in [1.807, 2.05) is 0 Å². The maximum absolute atomic E-state index is 5.93. The van der Waals surface area contributed by atoms with Gasteiger partial charge in [0.25, 0.3) is 0 Å². The van der Waals surface area contributed by atoms with Crippen LogP contribution in [-0.2, 0) is 10.3 Å². The molecule has 1 spiro atoms. The van der Waals surface area contributed by atoms with E-state index in [0.717, 1.165) is 56.1 Å². The molecule has 1 unspecified atom stereocenters. The quantitative estimate of drug-likeness (QED) is 0.745. The van der Waals surface area contributed by atoms with E-state index in [2.05, 4.69) is 24.8 Å². The van der Waals surface area contributed by atoms with Gasteiger partial charge in [0.2, 0.25) is 11.2 Å². The van der Waals surface area contributed by atoms with Crippen molar-refractivity contribution in [3.8, 4) is 0 Å². The highest BCUT2D eigenvalue weighted by atomic mass is 35.5. The van der Waals surface area contributed by atoms with Crippen LogP contribution in [0.4, 0.5) is 5.95 Å². The second kappa shape index (κ2) is 4.05. The number of fused-ring (bicyclic) bond motifs is 4. The van der Waals surface area contributed by atoms with Gasteiger partial charge in [0.15, 0.2) is 5.65 Å². The van der Waals surface area contributed by atoms with Crippen molar-refractivity contribution in [3.05, 3.63) is 11.5 Å². The van der Waals surface area contributed by atoms with Crippen molar-refractivity contribution in [1.29, 1.82) is 0 Å². The summed E-state index contributed by atoms with van der Waals surface area (Å²) in [6, 6.07) is 0. The zero-order valence-corrected chi connectivity index (χ0v) is 11.2. The van der Waals surface area contributed by atoms with E-state index < -0.39 is 0 Å². The SMILES string of the molecule is Clc1ncc2nc3n(c2n1)C1(CCCOCC1)CN3. The van der Waals surface area contributed by atoms with Gasteiger partial charge in [0.05, 0.1) is 11.7 Å². The molecule has 19 heavy (non-hydrogen) atoms. The molecule has 1 saturated heterocycles. The molecule has 2 aliphatic heterocycles. The van der Waals surface area contributed by atoms with E-state index in [1.54, 1.807) is 6.20 Å². The minimum Gasteiger partial charge on any atom is -0.381 e. The Labute approximate surface area is 115 Å². The van der Waals surface area contributed by atoms with E-state index in [1.165, 1.54) is 0 Å². The Bertz CT molecular complexity index is 632. The molecule has 1 atom stereocenters. The van der Waals surface area contributed by atoms with Crippen molar-refractivity contribution in [2.75, 3.05) is 25.1 Å². The number of aromatic nitrogens is 4. The molecule has 0 aliphatic carbocycles. The molecule has 2 aliphatic rings. The molecule has 1 N–H and O–H groups in total. The van der Waals surface area contributed by atoms with Crippen LogP contribution in [0.2, 0.25) is 5.28 Å². The summed E-state index contributed by atoms with van der Waals surface area (Å²) >= 11 is 5.93. The lowest BCUT2D eigenvalue weighted by Crippen LogP contribution is -2.34. The summed E-state index contributed by atoms with van der Waals surface area (Å²) in [4.78, 5) is 12.9. The van der Waals surface area contributed by atoms with Gasteiger partial charge in [-0.1, -0.05) is 0 Å². The van der Waals surface area contributed by atoms with E-state index >= 15 is 0 Å². The van der Waals surface area contributed by atoms with Gasteiger partial charge in [-0.3, -0.25) is 4.57 Å². The van der Waals surface area contributed by atoms with Crippen molar-refractivity contribution in [2.45, 2.75) is 24.8 Å². The van der Waals surface area contributed by atoms with Crippen LogP contribution in [-0.4, -0.2) is 39.3 Å². The molecule has 0 radical (unpaired) electrons. The van der Waals surface area contributed by atoms with Crippen LogP contribution in [0.15, 0.2) is 6.20 Å². The molecule has 100 valence electrons. The van der Waals surface area contributed by atoms with Crippen molar-refractivity contribution in [2.24, 2.45) is 0 Å². The number of hydrogen-bond acceptors (Lipinski definition) is 5. The Balaban J connectivity index is 1.92. The zero-order valence-electron chi connectivity index (χ0n) is 10.4. The number of anilines is 1. The largest absolute Gasteiger partial charge is 0.381 e. The first-order valence-corrected chi connectivity index (χ1v) is 6.89. The maximum atomic E-state index is 5.93. The number of ether oxygens (including phenoxy) is 1. The van der Waals surface area contributed by atoms with Gasteiger partial charge in [0.1, 0.15) is 5.52 Å². The fraction of sp³-hybridized carbons (Fsp3) is 0.583. The minimum absolute atomic E-state index is 0.0122. The molecule has 2 aromatic rings. The highest BCUT2D eigenvalue weighted by molar-refractivity contribution is 6.28. The maximum Gasteiger partial charge on any atom is 0.224 e. The topological polar surface area (TPSA) is 64.9 Å². The number of rotatable bonds is 0. The Kier molecular flexibility index (Phi) is 2.43. The van der Waals surface area contributed by atoms with Crippen LogP contribution >= 0.6 is 11.6 Å². The van der Waals surface area contributed by atoms with E-state index in [-0.39, 0.29) is 10.8 Å². The van der Waals surface area contributed by atoms with Crippen LogP contribution in [0.1, 0.15) is 19.3 Å². The zero-order chi connectivity index (χ0) is 12.9. The average molecular weight is 280 g/mol. The van der Waals surface area contributed by atoms with Crippen LogP contribution in [0.5, 0.6) is 0 Å². The third-order valence-corrected chi connectivity index (χ3v) is 4.25. The summed E-state index contributed by atoms with van der Waals surface area (Å²) in [6.07, 6.45) is 4.78. The second-order valence-electron chi connectivity index (χ2n) is 5.16. The van der Waals surface area contributed by atoms with E-state index in [0.29, 0.717) is 0 Å². The molecule has 0 bridgehead atoms. The van der Waals surface area contributed by atoms with Gasteiger partial charge in [-0.15, -0.1) is 0 Å². The third kappa shape index (κ3) is 1.63. The highest BCUT2D eigenvalue weighted by Crippen LogP contribution is 2.39. The molecule has 4 heterocycles. The molecule has 4 rings (SSSR count). The molecule has 2 aromatic heterocycles. The molecule has 0 saturated carbocycles. The van der Waals surface area contributed by atoms with Crippen LogP contribution in [0, 0.1) is 0 Å². The standard InChI is InChI=1S/C12H14ClN5O/c13-10-14-6-8-9(17-10)18-11(16-8)15-7-12(18)2-1-4-19-5-3-12/h6H,1-5,7H2,(H,15,16). The molecule has 0 amide bonds. The van der Waals surface area contributed by atoms with E-state index in [9.17, 15) is 0 Å². The highest BCUT2D eigenvalue weighted by Gasteiger charge is 2.41. The predicted octanol–water partition coefficient (Wildman–Crippen LogP) is 1.80. The Morgan fingerprint density at radius 1 is 1.32 bits per heavy atom. The monoisotopic (exact) mass is 279 g/mol. The normalized spacial score (nSPS) is 26.4. The van der Waals surface area contributed by atoms with Gasteiger partial charge in [-0.05, 0) is 30.9 Å². The van der Waals surface area contributed by atoms with Gasteiger partial charge < -0.3 is 10.1 Å². The average Bonchev–Trinajstić information content (AvgIpc) is 2.82. The van der Waals surface area contributed by atoms with Crippen molar-refractivity contribution in [3.63, 3.8) is 0 Å². The predicted molar refractivity (Wildman–Crippen MR) is 71.5 cm³/mol. The number of halogens is 1. The lowest BCUT2D eigenvalue weighted by atomic mass is 9.91. The van der Waals surface area contributed by atoms with Crippen LogP contribution in [0.3, 0.4) is 0 Å². The number of nitrogens with zero attached hydrogens (tertiary/aromatic N) is 4. The second-order valence-corrected chi connectivity index (χ2v) is 5.50. The summed E-state index contributed by atoms with van der Waals surface area (Å²) in [7, 11) is 0. The summed E-state index contributed by atoms with van der Waals surface area (Å²) in [6.45, 7) is 2.50. The van der Waals surface area contributed by atoms with Crippen molar-refractivity contribution < 1.29 is 4.74 Å². The first-order chi connectivity index (χ1) is 9.28. The Morgan fingerprint density at radius 3 is 3.21 bits per heavy atom. The first kappa shape index (κ1) is 11.4. The van der Waals surface area contributed by atoms with Crippen molar-refractivity contribution >= 4 is 28.7 Å². The summed E-state index contributed by atoms with van der Waals surface area (Å²) in [5.74, 6) is 0.869. The van der Waals surface area contributed by atoms with Crippen LogP contribution in [0.25, 0.3) is 11.2 Å². The fourth-order valence-electron chi connectivity index (χ4n) is 3.14. The molecule has 0 aromatic carbocycles. The summed E-state index contributed by atoms with van der Waals surface area (Å²) in [5, 5.41) is 3.65. The number of hydrogen-bond donors (Lipinski definition) is 1. The van der Waals surface area contributed by atoms with Crippen LogP contribution < -0.4 is 5.32 Å². The van der Waals surface area contributed by atoms with Gasteiger partial charge >= 0.3 is 0 Å². The lowest BCUT2D eigenvalue weighted by molar-refractivity contribution is 0.135. The van der Waals surface area contributed by atoms with Gasteiger partial charge in [0, 0.05) is 19.8 Å². The fourth-order valence-corrected chi connectivity index (χ4v) is 3.27. The Morgan fingerprint density at radius 2 is 2.26 bits per heavy atom. The van der Waals surface area contributed by atoms with Crippen molar-refractivity contribution in [1.82, 2.24) is 19.5 Å². The smallest absolute Gasteiger partial charge is 0.224 e. The molecule has 1 fully saturated rings. The molecule has 6 nitrogen and oxygen atoms in total. The summed E-state index contributed by atoms with van der Waals surface area (Å²) < 4.78 is 7.79. The summed E-state index contributed by atoms with van der Waals surface area (Å²) in [5.41, 5.74) is 1.62. The van der Waals surface area contributed by atoms with Gasteiger partial charge in [-0.2, -0.15) is 4.98 Å². The molecular weight excluding hydrogens is 266 g/mol. The molecular formula is C12H14ClN5O. The lowest BCUT2D eigenvalue weighted by Gasteiger charge is -2.28. The van der Waals surface area contributed by atoms with E-state index in [4.69, 9.17) is 16.3 Å².